The summed E-state index contributed by atoms with van der Waals surface area (Å²) in [7, 11) is 1.36. The molecule has 17 heavy (non-hydrogen) atoms. The van der Waals surface area contributed by atoms with Gasteiger partial charge >= 0.3 is 0 Å². The molecule has 0 saturated heterocycles. The van der Waals surface area contributed by atoms with Crippen LogP contribution >= 0.6 is 0 Å². The van der Waals surface area contributed by atoms with Crippen molar-refractivity contribution >= 4 is 0 Å². The SMILES string of the molecule is COc1ccc(F)c([C@@H](N)C2CCCC2)c1F. The minimum Gasteiger partial charge on any atom is -0.494 e. The molecule has 1 saturated carbocycles. The summed E-state index contributed by atoms with van der Waals surface area (Å²) in [5.41, 5.74) is 5.96. The van der Waals surface area contributed by atoms with Gasteiger partial charge in [-0.15, -0.1) is 0 Å². The average molecular weight is 241 g/mol. The maximum Gasteiger partial charge on any atom is 0.172 e. The van der Waals surface area contributed by atoms with Crippen molar-refractivity contribution < 1.29 is 13.5 Å². The number of ether oxygens (including phenoxy) is 1. The van der Waals surface area contributed by atoms with Gasteiger partial charge in [0.1, 0.15) is 5.82 Å². The lowest BCUT2D eigenvalue weighted by Crippen LogP contribution is -2.22. The van der Waals surface area contributed by atoms with Crippen LogP contribution in [0, 0.1) is 17.6 Å². The quantitative estimate of drug-likeness (QED) is 0.882. The minimum atomic E-state index is -0.660. The Morgan fingerprint density at radius 3 is 2.53 bits per heavy atom. The molecule has 94 valence electrons. The predicted octanol–water partition coefficient (Wildman–Crippen LogP) is 3.16. The van der Waals surface area contributed by atoms with E-state index in [4.69, 9.17) is 10.5 Å². The van der Waals surface area contributed by atoms with E-state index in [0.29, 0.717) is 0 Å². The molecule has 0 heterocycles. The van der Waals surface area contributed by atoms with Crippen molar-refractivity contribution in [3.63, 3.8) is 0 Å². The highest BCUT2D eigenvalue weighted by Crippen LogP contribution is 2.37. The first-order valence-electron chi connectivity index (χ1n) is 5.92. The van der Waals surface area contributed by atoms with Gasteiger partial charge in [-0.25, -0.2) is 8.78 Å². The van der Waals surface area contributed by atoms with Crippen LogP contribution in [0.5, 0.6) is 5.75 Å². The number of hydrogen-bond donors (Lipinski definition) is 1. The van der Waals surface area contributed by atoms with Crippen molar-refractivity contribution in [1.82, 2.24) is 0 Å². The number of nitrogens with two attached hydrogens (primary N) is 1. The van der Waals surface area contributed by atoms with Crippen molar-refractivity contribution in [1.29, 1.82) is 0 Å². The van der Waals surface area contributed by atoms with Crippen LogP contribution in [0.15, 0.2) is 12.1 Å². The maximum absolute atomic E-state index is 14.0. The summed E-state index contributed by atoms with van der Waals surface area (Å²) in [5, 5.41) is 0. The molecule has 0 radical (unpaired) electrons. The highest BCUT2D eigenvalue weighted by Gasteiger charge is 2.28. The molecule has 2 rings (SSSR count). The molecule has 2 N–H and O–H groups in total. The van der Waals surface area contributed by atoms with Gasteiger partial charge in [0.05, 0.1) is 7.11 Å². The van der Waals surface area contributed by atoms with Gasteiger partial charge in [0.2, 0.25) is 0 Å². The molecule has 0 aromatic heterocycles. The summed E-state index contributed by atoms with van der Waals surface area (Å²) < 4.78 is 32.5. The average Bonchev–Trinajstić information content (AvgIpc) is 2.82. The fraction of sp³-hybridized carbons (Fsp3) is 0.538. The van der Waals surface area contributed by atoms with Crippen molar-refractivity contribution in [3.05, 3.63) is 29.3 Å². The number of halogens is 2. The number of methoxy groups -OCH3 is 1. The van der Waals surface area contributed by atoms with Gasteiger partial charge in [-0.1, -0.05) is 12.8 Å². The topological polar surface area (TPSA) is 35.2 Å². The predicted molar refractivity (Wildman–Crippen MR) is 61.8 cm³/mol. The van der Waals surface area contributed by atoms with Crippen molar-refractivity contribution in [2.45, 2.75) is 31.7 Å². The maximum atomic E-state index is 14.0. The molecule has 1 aromatic carbocycles. The van der Waals surface area contributed by atoms with E-state index in [0.717, 1.165) is 25.7 Å². The first-order valence-corrected chi connectivity index (χ1v) is 5.92. The third kappa shape index (κ3) is 2.27. The summed E-state index contributed by atoms with van der Waals surface area (Å²) in [6, 6.07) is 1.93. The lowest BCUT2D eigenvalue weighted by molar-refractivity contribution is 0.364. The van der Waals surface area contributed by atoms with Crippen molar-refractivity contribution in [3.8, 4) is 5.75 Å². The van der Waals surface area contributed by atoms with Crippen LogP contribution < -0.4 is 10.5 Å². The summed E-state index contributed by atoms with van der Waals surface area (Å²) >= 11 is 0. The van der Waals surface area contributed by atoms with E-state index < -0.39 is 17.7 Å². The van der Waals surface area contributed by atoms with Crippen LogP contribution in [0.1, 0.15) is 37.3 Å². The van der Waals surface area contributed by atoms with Gasteiger partial charge in [-0.3, -0.25) is 0 Å². The molecule has 1 aliphatic rings. The van der Waals surface area contributed by atoms with Gasteiger partial charge in [0.25, 0.3) is 0 Å². The highest BCUT2D eigenvalue weighted by molar-refractivity contribution is 5.34. The summed E-state index contributed by atoms with van der Waals surface area (Å²) in [6.07, 6.45) is 4.06. The Kier molecular flexibility index (Phi) is 3.62. The van der Waals surface area contributed by atoms with Gasteiger partial charge in [-0.2, -0.15) is 0 Å². The molecule has 1 aromatic rings. The lowest BCUT2D eigenvalue weighted by Gasteiger charge is -2.21. The van der Waals surface area contributed by atoms with Crippen LogP contribution in [0.25, 0.3) is 0 Å². The van der Waals surface area contributed by atoms with Gasteiger partial charge < -0.3 is 10.5 Å². The van der Waals surface area contributed by atoms with Gasteiger partial charge in [-0.05, 0) is 30.9 Å². The molecule has 1 fully saturated rings. The Balaban J connectivity index is 2.35. The molecule has 1 aliphatic carbocycles. The van der Waals surface area contributed by atoms with E-state index >= 15 is 0 Å². The highest BCUT2D eigenvalue weighted by atomic mass is 19.1. The van der Waals surface area contributed by atoms with Crippen LogP contribution in [0.4, 0.5) is 8.78 Å². The standard InChI is InChI=1S/C13H17F2NO/c1-17-10-7-6-9(14)11(12(10)15)13(16)8-4-2-3-5-8/h6-8,13H,2-5,16H2,1H3/t13-/m0/s1. The monoisotopic (exact) mass is 241 g/mol. The normalized spacial score (nSPS) is 18.4. The molecule has 4 heteroatoms. The summed E-state index contributed by atoms with van der Waals surface area (Å²) in [6.45, 7) is 0. The number of benzene rings is 1. The second-order valence-electron chi connectivity index (χ2n) is 4.55. The number of rotatable bonds is 3. The molecular formula is C13H17F2NO. The Morgan fingerprint density at radius 2 is 1.94 bits per heavy atom. The summed E-state index contributed by atoms with van der Waals surface area (Å²) in [5.74, 6) is -1.02. The molecule has 0 aliphatic heterocycles. The van der Waals surface area contributed by atoms with Crippen molar-refractivity contribution in [2.75, 3.05) is 7.11 Å². The molecule has 2 nitrogen and oxygen atoms in total. The van der Waals surface area contributed by atoms with Crippen LogP contribution in [-0.2, 0) is 0 Å². The molecular weight excluding hydrogens is 224 g/mol. The molecule has 0 unspecified atom stereocenters. The van der Waals surface area contributed by atoms with Gasteiger partial charge in [0, 0.05) is 11.6 Å². The Hall–Kier alpha value is -1.16. The minimum absolute atomic E-state index is 0.0313. The Morgan fingerprint density at radius 1 is 1.29 bits per heavy atom. The Labute approximate surface area is 99.8 Å². The zero-order valence-corrected chi connectivity index (χ0v) is 9.88. The molecule has 1 atom stereocenters. The lowest BCUT2D eigenvalue weighted by atomic mass is 9.91. The second kappa shape index (κ2) is 5.00. The van der Waals surface area contributed by atoms with Crippen LogP contribution in [0.3, 0.4) is 0 Å². The zero-order chi connectivity index (χ0) is 12.4. The second-order valence-corrected chi connectivity index (χ2v) is 4.55. The Bertz CT molecular complexity index is 403. The van der Waals surface area contributed by atoms with E-state index in [-0.39, 0.29) is 17.2 Å². The zero-order valence-electron chi connectivity index (χ0n) is 9.88. The molecule has 0 bridgehead atoms. The number of hydrogen-bond acceptors (Lipinski definition) is 2. The van der Waals surface area contributed by atoms with E-state index in [2.05, 4.69) is 0 Å². The van der Waals surface area contributed by atoms with Crippen molar-refractivity contribution in [2.24, 2.45) is 11.7 Å². The smallest absolute Gasteiger partial charge is 0.172 e. The molecule has 0 spiro atoms. The fourth-order valence-electron chi connectivity index (χ4n) is 2.56. The first kappa shape index (κ1) is 12.3. The third-order valence-electron chi connectivity index (χ3n) is 3.55. The van der Waals surface area contributed by atoms with E-state index in [1.807, 2.05) is 0 Å². The summed E-state index contributed by atoms with van der Waals surface area (Å²) in [4.78, 5) is 0. The van der Waals surface area contributed by atoms with Crippen LogP contribution in [-0.4, -0.2) is 7.11 Å². The third-order valence-corrected chi connectivity index (χ3v) is 3.55. The van der Waals surface area contributed by atoms with E-state index in [1.54, 1.807) is 0 Å². The largest absolute Gasteiger partial charge is 0.494 e. The van der Waals surface area contributed by atoms with Gasteiger partial charge in [0.15, 0.2) is 11.6 Å². The molecule has 0 amide bonds. The first-order chi connectivity index (χ1) is 8.15. The van der Waals surface area contributed by atoms with E-state index in [9.17, 15) is 8.78 Å². The van der Waals surface area contributed by atoms with E-state index in [1.165, 1.54) is 19.2 Å². The van der Waals surface area contributed by atoms with Crippen LogP contribution in [0.2, 0.25) is 0 Å². The fourth-order valence-corrected chi connectivity index (χ4v) is 2.56.